The van der Waals surface area contributed by atoms with Gasteiger partial charge in [-0.3, -0.25) is 10.1 Å². The Hall–Kier alpha value is -0.990. The lowest BCUT2D eigenvalue weighted by atomic mass is 10.2. The number of hydrogen-bond acceptors (Lipinski definition) is 4. The van der Waals surface area contributed by atoms with Crippen LogP contribution in [0.1, 0.15) is 18.4 Å². The number of halogens is 1. The molecule has 6 nitrogen and oxygen atoms in total. The van der Waals surface area contributed by atoms with E-state index in [9.17, 15) is 18.5 Å². The third-order valence-corrected chi connectivity index (χ3v) is 5.02. The van der Waals surface area contributed by atoms with Crippen molar-refractivity contribution in [2.45, 2.75) is 30.7 Å². The maximum atomic E-state index is 12.0. The van der Waals surface area contributed by atoms with Gasteiger partial charge in [0.1, 0.15) is 0 Å². The minimum atomic E-state index is -3.68. The molecule has 0 heterocycles. The smallest absolute Gasteiger partial charge is 0.258 e. The van der Waals surface area contributed by atoms with Crippen LogP contribution in [0, 0.1) is 17.0 Å². The minimum absolute atomic E-state index is 0.0332. The first kappa shape index (κ1) is 13.4. The Bertz CT molecular complexity index is 611. The fraction of sp³-hybridized carbons (Fsp3) is 0.400. The van der Waals surface area contributed by atoms with Crippen LogP contribution in [0.2, 0.25) is 0 Å². The number of nitro groups is 1. The van der Waals surface area contributed by atoms with Crippen LogP contribution < -0.4 is 4.72 Å². The van der Waals surface area contributed by atoms with Gasteiger partial charge in [-0.2, -0.15) is 0 Å². The number of sulfonamides is 1. The first-order valence-corrected chi connectivity index (χ1v) is 7.56. The van der Waals surface area contributed by atoms with Gasteiger partial charge in [0.25, 0.3) is 5.69 Å². The number of nitrogens with one attached hydrogen (secondary N) is 1. The summed E-state index contributed by atoms with van der Waals surface area (Å²) >= 11 is 3.14. The summed E-state index contributed by atoms with van der Waals surface area (Å²) in [6.45, 7) is 1.56. The van der Waals surface area contributed by atoms with Crippen LogP contribution in [0.5, 0.6) is 0 Å². The molecular weight excluding hydrogens is 324 g/mol. The Kier molecular flexibility index (Phi) is 3.43. The second kappa shape index (κ2) is 4.60. The highest BCUT2D eigenvalue weighted by Gasteiger charge is 2.29. The maximum absolute atomic E-state index is 12.0. The third-order valence-electron chi connectivity index (χ3n) is 2.70. The third kappa shape index (κ3) is 2.70. The molecule has 0 aliphatic heterocycles. The largest absolute Gasteiger partial charge is 0.274 e. The Morgan fingerprint density at radius 1 is 1.44 bits per heavy atom. The van der Waals surface area contributed by atoms with E-state index < -0.39 is 14.9 Å². The molecule has 0 atom stereocenters. The number of nitro benzene ring substituents is 1. The van der Waals surface area contributed by atoms with Gasteiger partial charge in [0, 0.05) is 22.1 Å². The molecule has 2 rings (SSSR count). The van der Waals surface area contributed by atoms with Gasteiger partial charge in [-0.25, -0.2) is 13.1 Å². The molecule has 8 heteroatoms. The lowest BCUT2D eigenvalue weighted by Crippen LogP contribution is -2.25. The van der Waals surface area contributed by atoms with Gasteiger partial charge in [0.15, 0.2) is 0 Å². The zero-order valence-electron chi connectivity index (χ0n) is 9.51. The molecule has 0 bridgehead atoms. The molecule has 1 N–H and O–H groups in total. The number of nitrogens with zero attached hydrogens (tertiary/aromatic N) is 1. The van der Waals surface area contributed by atoms with E-state index in [-0.39, 0.29) is 16.6 Å². The average Bonchev–Trinajstić information content (AvgIpc) is 3.04. The van der Waals surface area contributed by atoms with Crippen molar-refractivity contribution in [2.24, 2.45) is 0 Å². The van der Waals surface area contributed by atoms with Gasteiger partial charge in [-0.1, -0.05) is 15.9 Å². The Labute approximate surface area is 113 Å². The highest BCUT2D eigenvalue weighted by Crippen LogP contribution is 2.31. The van der Waals surface area contributed by atoms with Crippen molar-refractivity contribution in [3.05, 3.63) is 32.3 Å². The normalized spacial score (nSPS) is 15.7. The van der Waals surface area contributed by atoms with Crippen molar-refractivity contribution < 1.29 is 13.3 Å². The van der Waals surface area contributed by atoms with Crippen molar-refractivity contribution in [1.29, 1.82) is 0 Å². The van der Waals surface area contributed by atoms with Crippen molar-refractivity contribution in [2.75, 3.05) is 0 Å². The highest BCUT2D eigenvalue weighted by molar-refractivity contribution is 9.10. The van der Waals surface area contributed by atoms with Crippen LogP contribution in [-0.4, -0.2) is 19.4 Å². The summed E-state index contributed by atoms with van der Waals surface area (Å²) < 4.78 is 26.8. The van der Waals surface area contributed by atoms with Gasteiger partial charge in [0.2, 0.25) is 10.0 Å². The zero-order chi connectivity index (χ0) is 13.5. The van der Waals surface area contributed by atoms with Crippen molar-refractivity contribution in [1.82, 2.24) is 4.72 Å². The van der Waals surface area contributed by atoms with Crippen LogP contribution in [-0.2, 0) is 10.0 Å². The van der Waals surface area contributed by atoms with E-state index >= 15 is 0 Å². The number of rotatable bonds is 4. The topological polar surface area (TPSA) is 89.3 Å². The molecule has 0 radical (unpaired) electrons. The first-order chi connectivity index (χ1) is 8.31. The predicted molar refractivity (Wildman–Crippen MR) is 68.9 cm³/mol. The van der Waals surface area contributed by atoms with Crippen LogP contribution >= 0.6 is 15.9 Å². The van der Waals surface area contributed by atoms with Gasteiger partial charge in [0.05, 0.1) is 9.82 Å². The molecule has 1 aliphatic carbocycles. The summed E-state index contributed by atoms with van der Waals surface area (Å²) in [5.41, 5.74) is 0.200. The summed E-state index contributed by atoms with van der Waals surface area (Å²) in [5.74, 6) is 0. The molecule has 18 heavy (non-hydrogen) atoms. The Balaban J connectivity index is 2.48. The van der Waals surface area contributed by atoms with Crippen molar-refractivity contribution >= 4 is 31.6 Å². The maximum Gasteiger partial charge on any atom is 0.274 e. The summed E-state index contributed by atoms with van der Waals surface area (Å²) in [7, 11) is -3.68. The molecule has 98 valence electrons. The molecule has 1 fully saturated rings. The van der Waals surface area contributed by atoms with E-state index in [1.807, 2.05) is 0 Å². The number of hydrogen-bond donors (Lipinski definition) is 1. The number of benzene rings is 1. The van der Waals surface area contributed by atoms with Gasteiger partial charge < -0.3 is 0 Å². The monoisotopic (exact) mass is 334 g/mol. The van der Waals surface area contributed by atoms with E-state index in [1.165, 1.54) is 6.07 Å². The molecule has 1 aromatic rings. The molecule has 1 aliphatic rings. The molecule has 1 aromatic carbocycles. The first-order valence-electron chi connectivity index (χ1n) is 5.28. The van der Waals surface area contributed by atoms with E-state index in [2.05, 4.69) is 20.7 Å². The van der Waals surface area contributed by atoms with Crippen LogP contribution in [0.4, 0.5) is 5.69 Å². The quantitative estimate of drug-likeness (QED) is 0.674. The van der Waals surface area contributed by atoms with E-state index in [4.69, 9.17) is 0 Å². The average molecular weight is 335 g/mol. The fourth-order valence-corrected chi connectivity index (χ4v) is 3.43. The van der Waals surface area contributed by atoms with E-state index in [0.717, 1.165) is 18.9 Å². The molecule has 0 spiro atoms. The highest BCUT2D eigenvalue weighted by atomic mass is 79.9. The summed E-state index contributed by atoms with van der Waals surface area (Å²) in [5, 5.41) is 10.9. The standard InChI is InChI=1S/C10H11BrN2O4S/c1-6-9(11)4-8(5-10(6)13(14)15)18(16,17)12-7-2-3-7/h4-5,7,12H,2-3H2,1H3. The Morgan fingerprint density at radius 2 is 2.06 bits per heavy atom. The lowest BCUT2D eigenvalue weighted by Gasteiger charge is -2.07. The predicted octanol–water partition coefficient (Wildman–Crippen LogP) is 2.11. The summed E-state index contributed by atoms with van der Waals surface area (Å²) in [6, 6.07) is 2.44. The van der Waals surface area contributed by atoms with E-state index in [1.54, 1.807) is 6.92 Å². The molecule has 0 amide bonds. The SMILES string of the molecule is Cc1c(Br)cc(S(=O)(=O)NC2CC2)cc1[N+](=O)[O-]. The van der Waals surface area contributed by atoms with Gasteiger partial charge in [-0.15, -0.1) is 0 Å². The van der Waals surface area contributed by atoms with Crippen LogP contribution in [0.3, 0.4) is 0 Å². The van der Waals surface area contributed by atoms with Gasteiger partial charge in [-0.05, 0) is 25.8 Å². The lowest BCUT2D eigenvalue weighted by molar-refractivity contribution is -0.385. The van der Waals surface area contributed by atoms with Crippen molar-refractivity contribution in [3.63, 3.8) is 0 Å². The summed E-state index contributed by atoms with van der Waals surface area (Å²) in [6.07, 6.45) is 1.63. The second-order valence-electron chi connectivity index (χ2n) is 4.20. The fourth-order valence-electron chi connectivity index (χ4n) is 1.47. The van der Waals surface area contributed by atoms with Crippen molar-refractivity contribution in [3.8, 4) is 0 Å². The second-order valence-corrected chi connectivity index (χ2v) is 6.77. The molecular formula is C10H11BrN2O4S. The van der Waals surface area contributed by atoms with Gasteiger partial charge >= 0.3 is 0 Å². The zero-order valence-corrected chi connectivity index (χ0v) is 11.9. The minimum Gasteiger partial charge on any atom is -0.258 e. The van der Waals surface area contributed by atoms with Crippen LogP contribution in [0.25, 0.3) is 0 Å². The van der Waals surface area contributed by atoms with E-state index in [0.29, 0.717) is 10.0 Å². The Morgan fingerprint density at radius 3 is 2.56 bits per heavy atom. The summed E-state index contributed by atoms with van der Waals surface area (Å²) in [4.78, 5) is 10.2. The molecule has 0 saturated heterocycles. The molecule has 0 aromatic heterocycles. The van der Waals surface area contributed by atoms with Crippen LogP contribution in [0.15, 0.2) is 21.5 Å². The molecule has 0 unspecified atom stereocenters. The molecule has 1 saturated carbocycles.